The second kappa shape index (κ2) is 3.89. The molecule has 0 atom stereocenters. The van der Waals surface area contributed by atoms with E-state index in [1.165, 1.54) is 0 Å². The van der Waals surface area contributed by atoms with Crippen molar-refractivity contribution in [2.45, 2.75) is 0 Å². The summed E-state index contributed by atoms with van der Waals surface area (Å²) in [7, 11) is 0. The third-order valence-corrected chi connectivity index (χ3v) is 2.68. The maximum absolute atomic E-state index is 11.3. The van der Waals surface area contributed by atoms with E-state index in [-0.39, 0.29) is 5.12 Å². The molecule has 2 rings (SSSR count). The molecule has 14 heavy (non-hydrogen) atoms. The summed E-state index contributed by atoms with van der Waals surface area (Å²) in [4.78, 5) is 15.3. The number of pyridine rings is 1. The molecule has 0 spiro atoms. The Bertz CT molecular complexity index is 414. The van der Waals surface area contributed by atoms with Crippen LogP contribution in [0.2, 0.25) is 0 Å². The molecule has 1 fully saturated rings. The Morgan fingerprint density at radius 1 is 1.57 bits per heavy atom. The molecule has 0 unspecified atom stereocenters. The second-order valence-corrected chi connectivity index (χ2v) is 4.30. The summed E-state index contributed by atoms with van der Waals surface area (Å²) in [5.74, 6) is 0. The van der Waals surface area contributed by atoms with Crippen LogP contribution in [0, 0.1) is 0 Å². The van der Waals surface area contributed by atoms with E-state index in [2.05, 4.69) is 10.3 Å². The Hall–Kier alpha value is -1.20. The van der Waals surface area contributed by atoms with Gasteiger partial charge in [0.05, 0.1) is 5.70 Å². The van der Waals surface area contributed by atoms with Crippen LogP contribution < -0.4 is 5.32 Å². The van der Waals surface area contributed by atoms with E-state index in [9.17, 15) is 4.79 Å². The third-order valence-electron chi connectivity index (χ3n) is 1.64. The van der Waals surface area contributed by atoms with Crippen LogP contribution >= 0.6 is 24.0 Å². The molecule has 3 nitrogen and oxygen atoms in total. The molecular weight excluding hydrogens is 216 g/mol. The Balaban J connectivity index is 2.28. The average molecular weight is 222 g/mol. The lowest BCUT2D eigenvalue weighted by atomic mass is 10.2. The quantitative estimate of drug-likeness (QED) is 0.577. The first-order valence-corrected chi connectivity index (χ1v) is 5.13. The van der Waals surface area contributed by atoms with E-state index in [0.29, 0.717) is 10.0 Å². The second-order valence-electron chi connectivity index (χ2n) is 2.65. The Kier molecular flexibility index (Phi) is 2.60. The minimum atomic E-state index is -0.0427. The first kappa shape index (κ1) is 9.36. The number of aromatic nitrogens is 1. The van der Waals surface area contributed by atoms with Gasteiger partial charge in [-0.15, -0.1) is 0 Å². The number of nitrogens with zero attached hydrogens (tertiary/aromatic N) is 1. The molecule has 1 aliphatic rings. The van der Waals surface area contributed by atoms with E-state index in [4.69, 9.17) is 12.2 Å². The van der Waals surface area contributed by atoms with Gasteiger partial charge in [0.15, 0.2) is 0 Å². The fourth-order valence-corrected chi connectivity index (χ4v) is 1.94. The van der Waals surface area contributed by atoms with Gasteiger partial charge in [-0.3, -0.25) is 9.78 Å². The van der Waals surface area contributed by atoms with Gasteiger partial charge in [-0.1, -0.05) is 18.3 Å². The van der Waals surface area contributed by atoms with Crippen molar-refractivity contribution in [2.24, 2.45) is 0 Å². The molecule has 1 saturated heterocycles. The van der Waals surface area contributed by atoms with Gasteiger partial charge in [0.2, 0.25) is 5.12 Å². The van der Waals surface area contributed by atoms with Crippen molar-refractivity contribution in [1.82, 2.24) is 10.3 Å². The summed E-state index contributed by atoms with van der Waals surface area (Å²) in [6, 6.07) is 3.69. The zero-order valence-corrected chi connectivity index (χ0v) is 8.69. The smallest absolute Gasteiger partial charge is 0.242 e. The molecule has 0 radical (unpaired) electrons. The first-order chi connectivity index (χ1) is 6.75. The van der Waals surface area contributed by atoms with Crippen molar-refractivity contribution in [3.8, 4) is 0 Å². The van der Waals surface area contributed by atoms with Crippen LogP contribution in [0.1, 0.15) is 5.56 Å². The van der Waals surface area contributed by atoms with E-state index < -0.39 is 0 Å². The van der Waals surface area contributed by atoms with Crippen molar-refractivity contribution in [2.75, 3.05) is 0 Å². The van der Waals surface area contributed by atoms with E-state index in [0.717, 1.165) is 17.3 Å². The summed E-state index contributed by atoms with van der Waals surface area (Å²) in [5.41, 5.74) is 1.40. The van der Waals surface area contributed by atoms with Crippen LogP contribution in [-0.4, -0.2) is 14.4 Å². The van der Waals surface area contributed by atoms with Crippen LogP contribution in [0.15, 0.2) is 30.2 Å². The first-order valence-electron chi connectivity index (χ1n) is 3.90. The van der Waals surface area contributed by atoms with Crippen LogP contribution in [0.4, 0.5) is 0 Å². The zero-order valence-electron chi connectivity index (χ0n) is 7.06. The van der Waals surface area contributed by atoms with Gasteiger partial charge in [-0.05, 0) is 29.5 Å². The van der Waals surface area contributed by atoms with Gasteiger partial charge in [-0.2, -0.15) is 0 Å². The zero-order chi connectivity index (χ0) is 9.97. The molecule has 2 heterocycles. The number of carbonyl (C=O) groups excluding carboxylic acids is 1. The molecule has 5 heteroatoms. The summed E-state index contributed by atoms with van der Waals surface area (Å²) >= 11 is 5.90. The molecule has 70 valence electrons. The highest BCUT2D eigenvalue weighted by Gasteiger charge is 2.21. The Morgan fingerprint density at radius 2 is 2.43 bits per heavy atom. The standard InChI is InChI=1S/C9H6N2OS2/c12-8-7(11-9(13)14-8)4-6-2-1-3-10-5-6/h1-5H,(H,11,13). The number of carbonyl (C=O) groups is 1. The molecule has 1 aromatic heterocycles. The maximum Gasteiger partial charge on any atom is 0.242 e. The summed E-state index contributed by atoms with van der Waals surface area (Å²) in [6.07, 6.45) is 5.11. The molecule has 0 amide bonds. The lowest BCUT2D eigenvalue weighted by Crippen LogP contribution is -2.09. The van der Waals surface area contributed by atoms with E-state index >= 15 is 0 Å². The van der Waals surface area contributed by atoms with Gasteiger partial charge in [-0.25, -0.2) is 0 Å². The van der Waals surface area contributed by atoms with Crippen LogP contribution in [0.5, 0.6) is 0 Å². The number of nitrogens with one attached hydrogen (secondary N) is 1. The van der Waals surface area contributed by atoms with Crippen molar-refractivity contribution in [3.63, 3.8) is 0 Å². The van der Waals surface area contributed by atoms with Gasteiger partial charge in [0, 0.05) is 12.4 Å². The topological polar surface area (TPSA) is 42.0 Å². The van der Waals surface area contributed by atoms with Gasteiger partial charge >= 0.3 is 0 Å². The van der Waals surface area contributed by atoms with Crippen molar-refractivity contribution < 1.29 is 4.79 Å². The average Bonchev–Trinajstić information content (AvgIpc) is 2.47. The largest absolute Gasteiger partial charge is 0.337 e. The third kappa shape index (κ3) is 2.00. The van der Waals surface area contributed by atoms with E-state index in [1.807, 2.05) is 12.1 Å². The molecule has 0 saturated carbocycles. The summed E-state index contributed by atoms with van der Waals surface area (Å²) < 4.78 is 0.505. The minimum Gasteiger partial charge on any atom is -0.337 e. The Labute approximate surface area is 90.6 Å². The van der Waals surface area contributed by atoms with Gasteiger partial charge in [0.25, 0.3) is 0 Å². The number of thiocarbonyl (C=S) groups is 1. The SMILES string of the molecule is O=C1SC(=S)NC1=Cc1cccnc1. The molecule has 1 aromatic rings. The fraction of sp³-hybridized carbons (Fsp3) is 0. The summed E-state index contributed by atoms with van der Waals surface area (Å²) in [6.45, 7) is 0. The fourth-order valence-electron chi connectivity index (χ4n) is 1.05. The lowest BCUT2D eigenvalue weighted by molar-refractivity contribution is -0.107. The van der Waals surface area contributed by atoms with Crippen molar-refractivity contribution >= 4 is 39.5 Å². The molecule has 0 aliphatic carbocycles. The highest BCUT2D eigenvalue weighted by molar-refractivity contribution is 8.33. The predicted molar refractivity (Wildman–Crippen MR) is 60.5 cm³/mol. The highest BCUT2D eigenvalue weighted by Crippen LogP contribution is 2.20. The van der Waals surface area contributed by atoms with Gasteiger partial charge < -0.3 is 5.32 Å². The normalized spacial score (nSPS) is 18.7. The maximum atomic E-state index is 11.3. The molecular formula is C9H6N2OS2. The van der Waals surface area contributed by atoms with Crippen molar-refractivity contribution in [1.29, 1.82) is 0 Å². The predicted octanol–water partition coefficient (Wildman–Crippen LogP) is 1.57. The molecule has 0 bridgehead atoms. The summed E-state index contributed by atoms with van der Waals surface area (Å²) in [5, 5.41) is 2.79. The number of rotatable bonds is 1. The molecule has 1 N–H and O–H groups in total. The monoisotopic (exact) mass is 222 g/mol. The van der Waals surface area contributed by atoms with Crippen molar-refractivity contribution in [3.05, 3.63) is 35.8 Å². The number of thioether (sulfide) groups is 1. The lowest BCUT2D eigenvalue weighted by Gasteiger charge is -1.95. The van der Waals surface area contributed by atoms with Crippen LogP contribution in [0.25, 0.3) is 6.08 Å². The Morgan fingerprint density at radius 3 is 3.00 bits per heavy atom. The van der Waals surface area contributed by atoms with E-state index in [1.54, 1.807) is 18.5 Å². The van der Waals surface area contributed by atoms with Crippen LogP contribution in [0.3, 0.4) is 0 Å². The van der Waals surface area contributed by atoms with Gasteiger partial charge in [0.1, 0.15) is 4.32 Å². The highest BCUT2D eigenvalue weighted by atomic mass is 32.2. The minimum absolute atomic E-state index is 0.0427. The van der Waals surface area contributed by atoms with Crippen LogP contribution in [-0.2, 0) is 4.79 Å². The number of hydrogen-bond acceptors (Lipinski definition) is 4. The number of hydrogen-bond donors (Lipinski definition) is 1. The molecule has 0 aromatic carbocycles. The molecule has 1 aliphatic heterocycles.